The van der Waals surface area contributed by atoms with Crippen molar-refractivity contribution in [3.05, 3.63) is 28.2 Å². The van der Waals surface area contributed by atoms with Gasteiger partial charge in [-0.1, -0.05) is 22.4 Å². The van der Waals surface area contributed by atoms with E-state index in [0.29, 0.717) is 0 Å². The molecule has 1 saturated carbocycles. The molecule has 15 heavy (non-hydrogen) atoms. The first-order valence-electron chi connectivity index (χ1n) is 5.31. The van der Waals surface area contributed by atoms with Crippen LogP contribution in [0.3, 0.4) is 0 Å². The highest BCUT2D eigenvalue weighted by atomic mass is 79.9. The molecule has 82 valence electrons. The molecular formula is C12H15BrO2. The molecule has 0 heterocycles. The molecule has 2 nitrogen and oxygen atoms in total. The molecule has 0 unspecified atom stereocenters. The van der Waals surface area contributed by atoms with Crippen LogP contribution in [0.5, 0.6) is 5.75 Å². The summed E-state index contributed by atoms with van der Waals surface area (Å²) in [6, 6.07) is 5.75. The molecule has 3 heteroatoms. The lowest BCUT2D eigenvalue weighted by Crippen LogP contribution is -2.19. The third-order valence-electron chi connectivity index (χ3n) is 2.89. The molecule has 0 aliphatic heterocycles. The van der Waals surface area contributed by atoms with Crippen molar-refractivity contribution >= 4 is 15.9 Å². The van der Waals surface area contributed by atoms with Crippen molar-refractivity contribution in [1.29, 1.82) is 0 Å². The average molecular weight is 271 g/mol. The minimum Gasteiger partial charge on any atom is -0.493 e. The highest BCUT2D eigenvalue weighted by Crippen LogP contribution is 2.29. The second-order valence-corrected chi connectivity index (χ2v) is 4.93. The standard InChI is InChI=1S/C12H15BrO2/c13-11-4-5-12(10(6-11)7-14)15-8-9-2-1-3-9/h4-6,9,14H,1-3,7-8H2. The van der Waals surface area contributed by atoms with Crippen molar-refractivity contribution in [3.8, 4) is 5.75 Å². The van der Waals surface area contributed by atoms with Gasteiger partial charge in [-0.2, -0.15) is 0 Å². The lowest BCUT2D eigenvalue weighted by molar-refractivity contribution is 0.175. The molecular weight excluding hydrogens is 256 g/mol. The van der Waals surface area contributed by atoms with E-state index in [4.69, 9.17) is 4.74 Å². The van der Waals surface area contributed by atoms with Gasteiger partial charge < -0.3 is 9.84 Å². The summed E-state index contributed by atoms with van der Waals surface area (Å²) >= 11 is 3.38. The molecule has 1 aromatic carbocycles. The van der Waals surface area contributed by atoms with Crippen LogP contribution in [0.15, 0.2) is 22.7 Å². The fraction of sp³-hybridized carbons (Fsp3) is 0.500. The van der Waals surface area contributed by atoms with Gasteiger partial charge in [-0.05, 0) is 37.0 Å². The fourth-order valence-corrected chi connectivity index (χ4v) is 2.09. The topological polar surface area (TPSA) is 29.5 Å². The maximum absolute atomic E-state index is 9.18. The molecule has 2 rings (SSSR count). The molecule has 1 fully saturated rings. The van der Waals surface area contributed by atoms with E-state index in [1.807, 2.05) is 18.2 Å². The zero-order valence-corrected chi connectivity index (χ0v) is 10.2. The number of aliphatic hydroxyl groups excluding tert-OH is 1. The summed E-state index contributed by atoms with van der Waals surface area (Å²) in [6.45, 7) is 0.814. The van der Waals surface area contributed by atoms with Crippen LogP contribution in [-0.4, -0.2) is 11.7 Å². The number of benzene rings is 1. The molecule has 0 saturated heterocycles. The van der Waals surface area contributed by atoms with Crippen LogP contribution >= 0.6 is 15.9 Å². The van der Waals surface area contributed by atoms with E-state index < -0.39 is 0 Å². The normalized spacial score (nSPS) is 16.1. The maximum atomic E-state index is 9.18. The Morgan fingerprint density at radius 1 is 1.40 bits per heavy atom. The summed E-state index contributed by atoms with van der Waals surface area (Å²) in [7, 11) is 0. The zero-order valence-electron chi connectivity index (χ0n) is 8.58. The number of ether oxygens (including phenoxy) is 1. The van der Waals surface area contributed by atoms with Crippen molar-refractivity contribution in [3.63, 3.8) is 0 Å². The highest BCUT2D eigenvalue weighted by Gasteiger charge is 2.18. The Hall–Kier alpha value is -0.540. The molecule has 0 aromatic heterocycles. The summed E-state index contributed by atoms with van der Waals surface area (Å²) in [5.41, 5.74) is 0.851. The van der Waals surface area contributed by atoms with Crippen LogP contribution in [-0.2, 0) is 6.61 Å². The van der Waals surface area contributed by atoms with E-state index in [-0.39, 0.29) is 6.61 Å². The van der Waals surface area contributed by atoms with E-state index in [9.17, 15) is 5.11 Å². The SMILES string of the molecule is OCc1cc(Br)ccc1OCC1CCC1. The van der Waals surface area contributed by atoms with Gasteiger partial charge in [0.05, 0.1) is 13.2 Å². The van der Waals surface area contributed by atoms with Crippen LogP contribution in [0.2, 0.25) is 0 Å². The Balaban J connectivity index is 1.99. The van der Waals surface area contributed by atoms with Gasteiger partial charge >= 0.3 is 0 Å². The summed E-state index contributed by atoms with van der Waals surface area (Å²) in [5, 5.41) is 9.18. The summed E-state index contributed by atoms with van der Waals surface area (Å²) in [4.78, 5) is 0. The van der Waals surface area contributed by atoms with E-state index in [0.717, 1.165) is 28.3 Å². The number of hydrogen-bond donors (Lipinski definition) is 1. The number of halogens is 1. The number of hydrogen-bond acceptors (Lipinski definition) is 2. The Bertz CT molecular complexity index is 334. The van der Waals surface area contributed by atoms with Crippen LogP contribution in [0, 0.1) is 5.92 Å². The Labute approximate surface area is 98.4 Å². The highest BCUT2D eigenvalue weighted by molar-refractivity contribution is 9.10. The predicted octanol–water partition coefficient (Wildman–Crippen LogP) is 3.12. The van der Waals surface area contributed by atoms with Gasteiger partial charge in [-0.15, -0.1) is 0 Å². The Kier molecular flexibility index (Phi) is 3.65. The van der Waals surface area contributed by atoms with Crippen LogP contribution in [0.1, 0.15) is 24.8 Å². The predicted molar refractivity (Wildman–Crippen MR) is 62.9 cm³/mol. The first-order valence-corrected chi connectivity index (χ1v) is 6.11. The van der Waals surface area contributed by atoms with Crippen molar-refractivity contribution < 1.29 is 9.84 Å². The lowest BCUT2D eigenvalue weighted by atomic mass is 9.86. The Morgan fingerprint density at radius 2 is 2.20 bits per heavy atom. The molecule has 1 N–H and O–H groups in total. The maximum Gasteiger partial charge on any atom is 0.124 e. The van der Waals surface area contributed by atoms with Crippen LogP contribution in [0.4, 0.5) is 0 Å². The molecule has 0 radical (unpaired) electrons. The summed E-state index contributed by atoms with van der Waals surface area (Å²) in [5.74, 6) is 1.53. The largest absolute Gasteiger partial charge is 0.493 e. The lowest BCUT2D eigenvalue weighted by Gasteiger charge is -2.25. The molecule has 1 aliphatic rings. The molecule has 0 amide bonds. The second kappa shape index (κ2) is 4.99. The van der Waals surface area contributed by atoms with E-state index in [1.165, 1.54) is 19.3 Å². The number of aliphatic hydroxyl groups is 1. The fourth-order valence-electron chi connectivity index (χ4n) is 1.68. The van der Waals surface area contributed by atoms with Gasteiger partial charge in [0, 0.05) is 10.0 Å². The van der Waals surface area contributed by atoms with E-state index in [1.54, 1.807) is 0 Å². The molecule has 1 aliphatic carbocycles. The van der Waals surface area contributed by atoms with Crippen molar-refractivity contribution in [2.24, 2.45) is 5.92 Å². The third kappa shape index (κ3) is 2.73. The molecule has 0 atom stereocenters. The van der Waals surface area contributed by atoms with Gasteiger partial charge in [0.2, 0.25) is 0 Å². The smallest absolute Gasteiger partial charge is 0.124 e. The number of rotatable bonds is 4. The van der Waals surface area contributed by atoms with Gasteiger partial charge in [-0.3, -0.25) is 0 Å². The van der Waals surface area contributed by atoms with E-state index >= 15 is 0 Å². The minimum absolute atomic E-state index is 0.0272. The van der Waals surface area contributed by atoms with Crippen LogP contribution in [0.25, 0.3) is 0 Å². The van der Waals surface area contributed by atoms with Gasteiger partial charge in [0.15, 0.2) is 0 Å². The van der Waals surface area contributed by atoms with Gasteiger partial charge in [0.1, 0.15) is 5.75 Å². The molecule has 0 bridgehead atoms. The van der Waals surface area contributed by atoms with Gasteiger partial charge in [-0.25, -0.2) is 0 Å². The first-order chi connectivity index (χ1) is 7.29. The summed E-state index contributed by atoms with van der Waals surface area (Å²) in [6.07, 6.45) is 3.90. The third-order valence-corrected chi connectivity index (χ3v) is 3.39. The van der Waals surface area contributed by atoms with Crippen molar-refractivity contribution in [2.75, 3.05) is 6.61 Å². The molecule has 0 spiro atoms. The first kappa shape index (κ1) is 11.0. The summed E-state index contributed by atoms with van der Waals surface area (Å²) < 4.78 is 6.68. The molecule has 1 aromatic rings. The van der Waals surface area contributed by atoms with E-state index in [2.05, 4.69) is 15.9 Å². The Morgan fingerprint density at radius 3 is 2.80 bits per heavy atom. The quantitative estimate of drug-likeness (QED) is 0.911. The van der Waals surface area contributed by atoms with Crippen LogP contribution < -0.4 is 4.74 Å². The second-order valence-electron chi connectivity index (χ2n) is 4.02. The average Bonchev–Trinajstić information content (AvgIpc) is 2.17. The van der Waals surface area contributed by atoms with Crippen molar-refractivity contribution in [2.45, 2.75) is 25.9 Å². The minimum atomic E-state index is 0.0272. The zero-order chi connectivity index (χ0) is 10.7. The van der Waals surface area contributed by atoms with Crippen molar-refractivity contribution in [1.82, 2.24) is 0 Å². The monoisotopic (exact) mass is 270 g/mol. The van der Waals surface area contributed by atoms with Gasteiger partial charge in [0.25, 0.3) is 0 Å².